The van der Waals surface area contributed by atoms with Gasteiger partial charge in [0.1, 0.15) is 5.82 Å². The van der Waals surface area contributed by atoms with Crippen LogP contribution in [0.1, 0.15) is 5.56 Å². The van der Waals surface area contributed by atoms with Crippen molar-refractivity contribution < 1.29 is 4.39 Å². The molecule has 7 heteroatoms. The summed E-state index contributed by atoms with van der Waals surface area (Å²) in [5.41, 5.74) is 3.94. The summed E-state index contributed by atoms with van der Waals surface area (Å²) in [5, 5.41) is 8.88. The van der Waals surface area contributed by atoms with Gasteiger partial charge in [-0.05, 0) is 23.6 Å². The maximum Gasteiger partial charge on any atom is 0.203 e. The zero-order valence-electron chi connectivity index (χ0n) is 10.6. The van der Waals surface area contributed by atoms with Crippen LogP contribution in [0.4, 0.5) is 9.52 Å². The summed E-state index contributed by atoms with van der Waals surface area (Å²) in [6.07, 6.45) is 1.35. The van der Waals surface area contributed by atoms with Crippen molar-refractivity contribution in [3.63, 3.8) is 0 Å². The number of halogens is 2. The van der Waals surface area contributed by atoms with Crippen LogP contribution in [0.25, 0.3) is 10.6 Å². The van der Waals surface area contributed by atoms with Gasteiger partial charge in [0.15, 0.2) is 0 Å². The number of thiazole rings is 1. The Labute approximate surface area is 133 Å². The Hall–Kier alpha value is -1.76. The van der Waals surface area contributed by atoms with Crippen molar-refractivity contribution in [2.24, 2.45) is 5.10 Å². The topological polar surface area (TPSA) is 37.3 Å². The number of thiophene rings is 1. The molecule has 2 aromatic heterocycles. The molecule has 21 heavy (non-hydrogen) atoms. The highest BCUT2D eigenvalue weighted by Gasteiger charge is 2.05. The van der Waals surface area contributed by atoms with Crippen molar-refractivity contribution in [3.05, 3.63) is 57.5 Å². The lowest BCUT2D eigenvalue weighted by atomic mass is 10.2. The van der Waals surface area contributed by atoms with Crippen LogP contribution in [0.2, 0.25) is 5.02 Å². The first-order chi connectivity index (χ1) is 10.2. The molecule has 0 bridgehead atoms. The van der Waals surface area contributed by atoms with Gasteiger partial charge in [0.05, 0.1) is 21.8 Å². The molecule has 0 fully saturated rings. The van der Waals surface area contributed by atoms with Gasteiger partial charge in [0, 0.05) is 10.9 Å². The molecule has 0 saturated carbocycles. The fourth-order valence-electron chi connectivity index (χ4n) is 1.65. The molecule has 0 aliphatic heterocycles. The minimum absolute atomic E-state index is 0.252. The molecule has 1 aromatic carbocycles. The van der Waals surface area contributed by atoms with E-state index in [-0.39, 0.29) is 5.56 Å². The quantitative estimate of drug-likeness (QED) is 0.530. The highest BCUT2D eigenvalue weighted by Crippen LogP contribution is 2.28. The smallest absolute Gasteiger partial charge is 0.203 e. The van der Waals surface area contributed by atoms with Gasteiger partial charge in [-0.1, -0.05) is 23.7 Å². The zero-order valence-corrected chi connectivity index (χ0v) is 13.0. The van der Waals surface area contributed by atoms with E-state index in [1.54, 1.807) is 23.5 Å². The van der Waals surface area contributed by atoms with Crippen molar-refractivity contribution in [1.82, 2.24) is 4.98 Å². The van der Waals surface area contributed by atoms with Crippen LogP contribution in [-0.2, 0) is 0 Å². The number of hydrazone groups is 1. The number of hydrogen-bond donors (Lipinski definition) is 1. The summed E-state index contributed by atoms with van der Waals surface area (Å²) in [6.45, 7) is 0. The van der Waals surface area contributed by atoms with Crippen molar-refractivity contribution >= 4 is 45.6 Å². The molecule has 3 rings (SSSR count). The van der Waals surface area contributed by atoms with E-state index < -0.39 is 5.82 Å². The summed E-state index contributed by atoms with van der Waals surface area (Å²) in [5.74, 6) is -0.411. The second kappa shape index (κ2) is 6.34. The van der Waals surface area contributed by atoms with Crippen LogP contribution in [0.3, 0.4) is 0 Å². The Morgan fingerprint density at radius 3 is 2.90 bits per heavy atom. The lowest BCUT2D eigenvalue weighted by molar-refractivity contribution is 0.626. The van der Waals surface area contributed by atoms with Crippen molar-refractivity contribution in [3.8, 4) is 10.6 Å². The maximum absolute atomic E-state index is 13.6. The number of hydrogen-bond acceptors (Lipinski definition) is 5. The molecule has 0 radical (unpaired) electrons. The summed E-state index contributed by atoms with van der Waals surface area (Å²) >= 11 is 8.97. The molecule has 3 aromatic rings. The van der Waals surface area contributed by atoms with E-state index in [0.29, 0.717) is 10.2 Å². The number of rotatable bonds is 4. The molecular formula is C14H9ClFN3S2. The molecule has 0 unspecified atom stereocenters. The van der Waals surface area contributed by atoms with Gasteiger partial charge in [0.25, 0.3) is 0 Å². The first-order valence-corrected chi connectivity index (χ1v) is 8.10. The minimum atomic E-state index is -0.411. The van der Waals surface area contributed by atoms with Gasteiger partial charge < -0.3 is 0 Å². The molecule has 1 N–H and O–H groups in total. The van der Waals surface area contributed by atoms with Gasteiger partial charge >= 0.3 is 0 Å². The van der Waals surface area contributed by atoms with E-state index in [9.17, 15) is 4.39 Å². The molecule has 2 heterocycles. The van der Waals surface area contributed by atoms with E-state index in [0.717, 1.165) is 10.6 Å². The molecule has 0 spiro atoms. The first-order valence-electron chi connectivity index (χ1n) is 5.96. The Balaban J connectivity index is 1.72. The molecule has 0 atom stereocenters. The zero-order chi connectivity index (χ0) is 14.7. The van der Waals surface area contributed by atoms with Crippen LogP contribution in [0, 0.1) is 5.82 Å². The van der Waals surface area contributed by atoms with Gasteiger partial charge in [-0.2, -0.15) is 5.10 Å². The highest BCUT2D eigenvalue weighted by molar-refractivity contribution is 7.15. The van der Waals surface area contributed by atoms with Crippen molar-refractivity contribution in [1.29, 1.82) is 0 Å². The minimum Gasteiger partial charge on any atom is -0.253 e. The van der Waals surface area contributed by atoms with E-state index in [1.807, 2.05) is 22.9 Å². The van der Waals surface area contributed by atoms with Crippen LogP contribution in [-0.4, -0.2) is 11.2 Å². The Morgan fingerprint density at radius 2 is 2.14 bits per heavy atom. The van der Waals surface area contributed by atoms with E-state index in [1.165, 1.54) is 23.6 Å². The van der Waals surface area contributed by atoms with Crippen LogP contribution in [0.5, 0.6) is 0 Å². The lowest BCUT2D eigenvalue weighted by Crippen LogP contribution is -1.93. The van der Waals surface area contributed by atoms with Gasteiger partial charge in [-0.25, -0.2) is 9.37 Å². The molecule has 0 amide bonds. The predicted molar refractivity (Wildman–Crippen MR) is 88.1 cm³/mol. The molecule has 106 valence electrons. The third kappa shape index (κ3) is 3.29. The number of nitrogens with zero attached hydrogens (tertiary/aromatic N) is 2. The predicted octanol–water partition coefficient (Wildman–Crippen LogP) is 5.11. The normalized spacial score (nSPS) is 11.1. The van der Waals surface area contributed by atoms with E-state index >= 15 is 0 Å². The third-order valence-corrected chi connectivity index (χ3v) is 4.60. The Morgan fingerprint density at radius 1 is 1.24 bits per heavy atom. The third-order valence-electron chi connectivity index (χ3n) is 2.63. The molecule has 0 saturated heterocycles. The standard InChI is InChI=1S/C14H9ClFN3S2/c15-10-3-1-4-11(16)9(10)7-17-19-14-18-12(8-21-14)13-5-2-6-20-13/h1-8H,(H,18,19)/b17-7-. The highest BCUT2D eigenvalue weighted by atomic mass is 35.5. The Kier molecular flexibility index (Phi) is 4.28. The summed E-state index contributed by atoms with van der Waals surface area (Å²) in [6, 6.07) is 8.49. The fourth-order valence-corrected chi connectivity index (χ4v) is 3.28. The largest absolute Gasteiger partial charge is 0.253 e. The van der Waals surface area contributed by atoms with E-state index in [4.69, 9.17) is 11.6 Å². The van der Waals surface area contributed by atoms with Crippen LogP contribution < -0.4 is 5.43 Å². The van der Waals surface area contributed by atoms with Crippen LogP contribution >= 0.6 is 34.3 Å². The molecule has 0 aliphatic carbocycles. The van der Waals surface area contributed by atoms with Crippen molar-refractivity contribution in [2.75, 3.05) is 5.43 Å². The Bertz CT molecular complexity index is 748. The van der Waals surface area contributed by atoms with Gasteiger partial charge in [-0.15, -0.1) is 22.7 Å². The average molecular weight is 338 g/mol. The second-order valence-corrected chi connectivity index (χ2v) is 6.23. The molecule has 0 aliphatic rings. The monoisotopic (exact) mass is 337 g/mol. The number of aromatic nitrogens is 1. The first kappa shape index (κ1) is 14.2. The summed E-state index contributed by atoms with van der Waals surface area (Å²) in [4.78, 5) is 5.50. The summed E-state index contributed by atoms with van der Waals surface area (Å²) in [7, 11) is 0. The molecular weight excluding hydrogens is 329 g/mol. The van der Waals surface area contributed by atoms with Gasteiger partial charge in [0.2, 0.25) is 5.13 Å². The fraction of sp³-hybridized carbons (Fsp3) is 0. The number of nitrogens with one attached hydrogen (secondary N) is 1. The van der Waals surface area contributed by atoms with Crippen molar-refractivity contribution in [2.45, 2.75) is 0 Å². The van der Waals surface area contributed by atoms with Crippen LogP contribution in [0.15, 0.2) is 46.2 Å². The van der Waals surface area contributed by atoms with Gasteiger partial charge in [-0.3, -0.25) is 5.43 Å². The second-order valence-electron chi connectivity index (χ2n) is 4.02. The number of anilines is 1. The average Bonchev–Trinajstić information content (AvgIpc) is 3.12. The summed E-state index contributed by atoms with van der Waals surface area (Å²) < 4.78 is 13.6. The maximum atomic E-state index is 13.6. The SMILES string of the molecule is Fc1cccc(Cl)c1/C=N\Nc1nc(-c2cccs2)cs1. The lowest BCUT2D eigenvalue weighted by Gasteiger charge is -1.99. The number of benzene rings is 1. The molecule has 3 nitrogen and oxygen atoms in total. The van der Waals surface area contributed by atoms with E-state index in [2.05, 4.69) is 15.5 Å².